The van der Waals surface area contributed by atoms with Crippen LogP contribution in [0.5, 0.6) is 5.75 Å². The van der Waals surface area contributed by atoms with Crippen molar-refractivity contribution in [3.8, 4) is 5.75 Å². The molecular formula is C20H23Cl2N3O. The topological polar surface area (TPSA) is 37.2 Å². The van der Waals surface area contributed by atoms with Crippen LogP contribution in [0.3, 0.4) is 0 Å². The van der Waals surface area contributed by atoms with Gasteiger partial charge in [0.25, 0.3) is 0 Å². The van der Waals surface area contributed by atoms with Gasteiger partial charge in [-0.3, -0.25) is 4.99 Å². The number of aryl methyl sites for hydroxylation is 1. The molecule has 6 heteroatoms. The number of hydrogen-bond donors (Lipinski definition) is 0. The van der Waals surface area contributed by atoms with Crippen molar-refractivity contribution in [1.29, 1.82) is 0 Å². The number of rotatable bonds is 7. The zero-order chi connectivity index (χ0) is 19.1. The molecule has 0 N–H and O–H groups in total. The van der Waals surface area contributed by atoms with Crippen molar-refractivity contribution in [2.24, 2.45) is 9.98 Å². The van der Waals surface area contributed by atoms with Gasteiger partial charge >= 0.3 is 0 Å². The van der Waals surface area contributed by atoms with Crippen LogP contribution in [0, 0.1) is 6.92 Å². The maximum atomic E-state index is 6.42. The van der Waals surface area contributed by atoms with E-state index in [2.05, 4.69) is 16.9 Å². The molecule has 0 radical (unpaired) electrons. The van der Waals surface area contributed by atoms with Crippen molar-refractivity contribution in [2.75, 3.05) is 27.2 Å². The smallest absolute Gasteiger partial charge is 0.130 e. The van der Waals surface area contributed by atoms with Gasteiger partial charge in [0.05, 0.1) is 22.8 Å². The van der Waals surface area contributed by atoms with Crippen molar-refractivity contribution >= 4 is 40.9 Å². The lowest BCUT2D eigenvalue weighted by molar-refractivity contribution is 0.377. The maximum absolute atomic E-state index is 6.42. The lowest BCUT2D eigenvalue weighted by Crippen LogP contribution is -2.15. The molecule has 0 amide bonds. The highest BCUT2D eigenvalue weighted by Crippen LogP contribution is 2.29. The van der Waals surface area contributed by atoms with Crippen LogP contribution < -0.4 is 4.74 Å². The van der Waals surface area contributed by atoms with E-state index in [1.165, 1.54) is 0 Å². The van der Waals surface area contributed by atoms with Crippen molar-refractivity contribution in [1.82, 2.24) is 4.90 Å². The zero-order valence-electron chi connectivity index (χ0n) is 15.5. The normalized spacial score (nSPS) is 11.8. The van der Waals surface area contributed by atoms with Gasteiger partial charge < -0.3 is 9.64 Å². The van der Waals surface area contributed by atoms with E-state index in [4.69, 9.17) is 27.9 Å². The van der Waals surface area contributed by atoms with Crippen molar-refractivity contribution in [3.63, 3.8) is 0 Å². The Labute approximate surface area is 165 Å². The summed E-state index contributed by atoms with van der Waals surface area (Å²) in [7, 11) is 3.71. The van der Waals surface area contributed by atoms with E-state index in [0.29, 0.717) is 16.7 Å². The van der Waals surface area contributed by atoms with Gasteiger partial charge in [-0.1, -0.05) is 23.2 Å². The summed E-state index contributed by atoms with van der Waals surface area (Å²) in [5.41, 5.74) is 3.55. The summed E-state index contributed by atoms with van der Waals surface area (Å²) in [5, 5.41) is 1.26. The van der Waals surface area contributed by atoms with E-state index < -0.39 is 0 Å². The standard InChI is InChI=1S/C20H23Cl2N3O/c1-5-25(4)13-24-19-10-14(2)17(11-18(19)22)20(23-3)12-26-16-8-6-15(21)7-9-16/h6-11,13H,5,12H2,1-4H3/b23-20+,24-13-. The third kappa shape index (κ3) is 5.48. The highest BCUT2D eigenvalue weighted by Gasteiger charge is 2.11. The van der Waals surface area contributed by atoms with Gasteiger partial charge in [0.1, 0.15) is 12.4 Å². The Bertz CT molecular complexity index is 801. The number of hydrogen-bond acceptors (Lipinski definition) is 3. The van der Waals surface area contributed by atoms with E-state index in [9.17, 15) is 0 Å². The van der Waals surface area contributed by atoms with E-state index in [1.54, 1.807) is 25.5 Å². The molecule has 0 saturated heterocycles. The summed E-state index contributed by atoms with van der Waals surface area (Å²) in [6.45, 7) is 5.30. The van der Waals surface area contributed by atoms with E-state index in [-0.39, 0.29) is 0 Å². The number of halogens is 2. The van der Waals surface area contributed by atoms with Gasteiger partial charge in [0, 0.05) is 31.2 Å². The number of aliphatic imine (C=N–C) groups is 2. The number of nitrogens with zero attached hydrogens (tertiary/aromatic N) is 3. The number of benzene rings is 2. The van der Waals surface area contributed by atoms with Crippen LogP contribution >= 0.6 is 23.2 Å². The second-order valence-corrected chi connectivity index (χ2v) is 6.69. The fourth-order valence-electron chi connectivity index (χ4n) is 2.26. The molecule has 4 nitrogen and oxygen atoms in total. The quantitative estimate of drug-likeness (QED) is 0.467. The fraction of sp³-hybridized carbons (Fsp3) is 0.300. The highest BCUT2D eigenvalue weighted by atomic mass is 35.5. The molecule has 0 spiro atoms. The predicted molar refractivity (Wildman–Crippen MR) is 112 cm³/mol. The minimum atomic E-state index is 0.344. The van der Waals surface area contributed by atoms with Crippen molar-refractivity contribution in [3.05, 3.63) is 57.6 Å². The predicted octanol–water partition coefficient (Wildman–Crippen LogP) is 5.41. The molecule has 0 aliphatic heterocycles. The molecule has 2 rings (SSSR count). The van der Waals surface area contributed by atoms with E-state index in [1.807, 2.05) is 43.1 Å². The Hall–Kier alpha value is -2.04. The highest BCUT2D eigenvalue weighted by molar-refractivity contribution is 6.33. The first-order valence-corrected chi connectivity index (χ1v) is 9.09. The van der Waals surface area contributed by atoms with Crippen LogP contribution in [0.2, 0.25) is 10.0 Å². The Morgan fingerprint density at radius 1 is 1.19 bits per heavy atom. The fourth-order valence-corrected chi connectivity index (χ4v) is 2.60. The minimum Gasteiger partial charge on any atom is -0.487 e. The molecule has 0 saturated carbocycles. The van der Waals surface area contributed by atoms with Crippen LogP contribution in [-0.4, -0.2) is 44.2 Å². The average Bonchev–Trinajstić information content (AvgIpc) is 2.64. The van der Waals surface area contributed by atoms with E-state index in [0.717, 1.165) is 34.8 Å². The molecule has 0 bridgehead atoms. The largest absolute Gasteiger partial charge is 0.487 e. The molecule has 0 unspecified atom stereocenters. The monoisotopic (exact) mass is 391 g/mol. The number of ether oxygens (including phenoxy) is 1. The summed E-state index contributed by atoms with van der Waals surface area (Å²) >= 11 is 12.3. The minimum absolute atomic E-state index is 0.344. The van der Waals surface area contributed by atoms with Gasteiger partial charge in [-0.2, -0.15) is 0 Å². The van der Waals surface area contributed by atoms with Gasteiger partial charge in [-0.25, -0.2) is 4.99 Å². The second kappa shape index (κ2) is 9.60. The van der Waals surface area contributed by atoms with Crippen LogP contribution in [0.1, 0.15) is 18.1 Å². The molecule has 26 heavy (non-hydrogen) atoms. The molecule has 0 heterocycles. The molecule has 0 aliphatic carbocycles. The van der Waals surface area contributed by atoms with Crippen molar-refractivity contribution < 1.29 is 4.74 Å². The Balaban J connectivity index is 2.18. The van der Waals surface area contributed by atoms with Crippen LogP contribution in [-0.2, 0) is 0 Å². The molecular weight excluding hydrogens is 369 g/mol. The molecule has 2 aromatic carbocycles. The summed E-state index contributed by atoms with van der Waals surface area (Å²) in [4.78, 5) is 10.8. The Kier molecular flexibility index (Phi) is 7.49. The third-order valence-electron chi connectivity index (χ3n) is 3.96. The lowest BCUT2D eigenvalue weighted by Gasteiger charge is -2.13. The Morgan fingerprint density at radius 2 is 1.88 bits per heavy atom. The first-order chi connectivity index (χ1) is 12.4. The maximum Gasteiger partial charge on any atom is 0.130 e. The zero-order valence-corrected chi connectivity index (χ0v) is 17.0. The Morgan fingerprint density at radius 3 is 2.50 bits per heavy atom. The molecule has 0 atom stereocenters. The first-order valence-electron chi connectivity index (χ1n) is 8.33. The molecule has 138 valence electrons. The summed E-state index contributed by atoms with van der Waals surface area (Å²) < 4.78 is 5.82. The van der Waals surface area contributed by atoms with Gasteiger partial charge in [0.2, 0.25) is 0 Å². The van der Waals surface area contributed by atoms with Gasteiger partial charge in [-0.15, -0.1) is 0 Å². The van der Waals surface area contributed by atoms with Crippen LogP contribution in [0.25, 0.3) is 0 Å². The summed E-state index contributed by atoms with van der Waals surface area (Å²) in [6.07, 6.45) is 1.78. The summed E-state index contributed by atoms with van der Waals surface area (Å²) in [6, 6.07) is 11.1. The average molecular weight is 392 g/mol. The van der Waals surface area contributed by atoms with Crippen LogP contribution in [0.4, 0.5) is 5.69 Å². The van der Waals surface area contributed by atoms with Gasteiger partial charge in [-0.05, 0) is 55.8 Å². The molecule has 0 aliphatic rings. The molecule has 2 aromatic rings. The van der Waals surface area contributed by atoms with Crippen molar-refractivity contribution in [2.45, 2.75) is 13.8 Å². The first kappa shape index (κ1) is 20.3. The lowest BCUT2D eigenvalue weighted by atomic mass is 10.0. The van der Waals surface area contributed by atoms with Gasteiger partial charge in [0.15, 0.2) is 0 Å². The SMILES string of the molecule is CCN(C)/C=N\c1cc(C)c(/C(COc2ccc(Cl)cc2)=N/C)cc1Cl. The second-order valence-electron chi connectivity index (χ2n) is 5.85. The molecule has 0 fully saturated rings. The third-order valence-corrected chi connectivity index (χ3v) is 4.51. The van der Waals surface area contributed by atoms with E-state index >= 15 is 0 Å². The summed E-state index contributed by atoms with van der Waals surface area (Å²) in [5.74, 6) is 0.739. The molecule has 0 aromatic heterocycles. The van der Waals surface area contributed by atoms with Crippen LogP contribution in [0.15, 0.2) is 46.4 Å².